The fourth-order valence-corrected chi connectivity index (χ4v) is 1.86. The molecule has 6 nitrogen and oxygen atoms in total. The molecule has 1 rings (SSSR count). The molecular weight excluding hydrogens is 242 g/mol. The summed E-state index contributed by atoms with van der Waals surface area (Å²) in [5.41, 5.74) is 4.56. The first-order valence-electron chi connectivity index (χ1n) is 4.98. The van der Waals surface area contributed by atoms with Crippen LogP contribution in [0.4, 0.5) is 5.13 Å². The summed E-state index contributed by atoms with van der Waals surface area (Å²) in [5, 5.41) is 12.2. The Kier molecular flexibility index (Phi) is 3.72. The van der Waals surface area contributed by atoms with E-state index in [-0.39, 0.29) is 5.69 Å². The largest absolute Gasteiger partial charge is 0.476 e. The summed E-state index contributed by atoms with van der Waals surface area (Å²) in [4.78, 5) is 26.4. The van der Waals surface area contributed by atoms with Gasteiger partial charge >= 0.3 is 5.97 Å². The monoisotopic (exact) mass is 257 g/mol. The van der Waals surface area contributed by atoms with Crippen LogP contribution in [-0.4, -0.2) is 28.5 Å². The van der Waals surface area contributed by atoms with Crippen molar-refractivity contribution in [3.8, 4) is 0 Å². The van der Waals surface area contributed by atoms with E-state index >= 15 is 0 Å². The van der Waals surface area contributed by atoms with E-state index in [9.17, 15) is 9.59 Å². The minimum Gasteiger partial charge on any atom is -0.476 e. The summed E-state index contributed by atoms with van der Waals surface area (Å²) in [6.07, 6.45) is 0. The predicted molar refractivity (Wildman–Crippen MR) is 65.3 cm³/mol. The molecule has 0 radical (unpaired) electrons. The molecule has 17 heavy (non-hydrogen) atoms. The highest BCUT2D eigenvalue weighted by molar-refractivity contribution is 7.15. The van der Waals surface area contributed by atoms with Crippen molar-refractivity contribution in [2.75, 3.05) is 11.9 Å². The Labute approximate surface area is 103 Å². The van der Waals surface area contributed by atoms with Crippen LogP contribution in [0, 0.1) is 12.3 Å². The highest BCUT2D eigenvalue weighted by Crippen LogP contribution is 2.23. The number of nitrogens with two attached hydrogens (primary N) is 1. The van der Waals surface area contributed by atoms with Crippen molar-refractivity contribution < 1.29 is 14.7 Å². The zero-order valence-corrected chi connectivity index (χ0v) is 10.7. The Morgan fingerprint density at radius 2 is 2.12 bits per heavy atom. The van der Waals surface area contributed by atoms with Gasteiger partial charge in [-0.3, -0.25) is 4.79 Å². The summed E-state index contributed by atoms with van der Waals surface area (Å²) >= 11 is 1.24. The molecule has 0 saturated heterocycles. The van der Waals surface area contributed by atoms with Crippen molar-refractivity contribution in [3.63, 3.8) is 0 Å². The molecule has 0 spiro atoms. The average molecular weight is 257 g/mol. The van der Waals surface area contributed by atoms with Gasteiger partial charge in [-0.2, -0.15) is 0 Å². The van der Waals surface area contributed by atoms with Crippen LogP contribution in [0.1, 0.15) is 29.2 Å². The lowest BCUT2D eigenvalue weighted by Crippen LogP contribution is -2.37. The van der Waals surface area contributed by atoms with E-state index in [2.05, 4.69) is 10.3 Å². The number of amides is 1. The van der Waals surface area contributed by atoms with Gasteiger partial charge in [0, 0.05) is 11.4 Å². The van der Waals surface area contributed by atoms with Crippen LogP contribution in [0.2, 0.25) is 0 Å². The normalized spacial score (nSPS) is 11.2. The van der Waals surface area contributed by atoms with Gasteiger partial charge in [0.25, 0.3) is 0 Å². The summed E-state index contributed by atoms with van der Waals surface area (Å²) in [6, 6.07) is 0. The summed E-state index contributed by atoms with van der Waals surface area (Å²) < 4.78 is 0. The standard InChI is InChI=1S/C10H15N3O3S/c1-5-6(7(14)15)13-9(17-5)12-4-10(2,3)8(11)16/h4H2,1-3H3,(H2,11,16)(H,12,13)(H,14,15). The Bertz CT molecular complexity index is 454. The van der Waals surface area contributed by atoms with Crippen LogP contribution in [0.5, 0.6) is 0 Å². The molecule has 0 fully saturated rings. The van der Waals surface area contributed by atoms with Crippen LogP contribution in [0.25, 0.3) is 0 Å². The maximum atomic E-state index is 11.1. The van der Waals surface area contributed by atoms with E-state index in [1.54, 1.807) is 20.8 Å². The van der Waals surface area contributed by atoms with E-state index in [1.165, 1.54) is 11.3 Å². The number of nitrogens with one attached hydrogen (secondary N) is 1. The number of hydrogen-bond donors (Lipinski definition) is 3. The molecule has 1 aromatic heterocycles. The molecule has 1 amide bonds. The molecule has 94 valence electrons. The van der Waals surface area contributed by atoms with Crippen LogP contribution in [-0.2, 0) is 4.79 Å². The first-order valence-corrected chi connectivity index (χ1v) is 5.80. The van der Waals surface area contributed by atoms with Gasteiger partial charge in [0.05, 0.1) is 5.41 Å². The highest BCUT2D eigenvalue weighted by Gasteiger charge is 2.25. The Morgan fingerprint density at radius 1 is 1.53 bits per heavy atom. The van der Waals surface area contributed by atoms with Gasteiger partial charge in [-0.15, -0.1) is 11.3 Å². The number of primary amides is 1. The third kappa shape index (κ3) is 3.16. The van der Waals surface area contributed by atoms with Gasteiger partial charge in [-0.25, -0.2) is 9.78 Å². The average Bonchev–Trinajstić information content (AvgIpc) is 2.57. The quantitative estimate of drug-likeness (QED) is 0.731. The maximum Gasteiger partial charge on any atom is 0.355 e. The van der Waals surface area contributed by atoms with Gasteiger partial charge in [-0.1, -0.05) is 0 Å². The number of anilines is 1. The molecule has 7 heteroatoms. The van der Waals surface area contributed by atoms with E-state index in [4.69, 9.17) is 10.8 Å². The highest BCUT2D eigenvalue weighted by atomic mass is 32.1. The number of carbonyl (C=O) groups is 2. The summed E-state index contributed by atoms with van der Waals surface area (Å²) in [7, 11) is 0. The second-order valence-corrected chi connectivity index (χ2v) is 5.53. The third-order valence-electron chi connectivity index (χ3n) is 2.35. The van der Waals surface area contributed by atoms with Crippen LogP contribution >= 0.6 is 11.3 Å². The molecule has 0 saturated carbocycles. The van der Waals surface area contributed by atoms with Gasteiger partial charge in [-0.05, 0) is 20.8 Å². The van der Waals surface area contributed by atoms with Gasteiger partial charge < -0.3 is 16.2 Å². The Morgan fingerprint density at radius 3 is 2.53 bits per heavy atom. The summed E-state index contributed by atoms with van der Waals surface area (Å²) in [5.74, 6) is -1.47. The van der Waals surface area contributed by atoms with Gasteiger partial charge in [0.15, 0.2) is 10.8 Å². The SMILES string of the molecule is Cc1sc(NCC(C)(C)C(N)=O)nc1C(=O)O. The van der Waals surface area contributed by atoms with Crippen molar-refractivity contribution in [1.29, 1.82) is 0 Å². The number of carboxylic acids is 1. The number of aromatic nitrogens is 1. The van der Waals surface area contributed by atoms with Crippen molar-refractivity contribution in [1.82, 2.24) is 4.98 Å². The number of nitrogens with zero attached hydrogens (tertiary/aromatic N) is 1. The number of thiazole rings is 1. The number of hydrogen-bond acceptors (Lipinski definition) is 5. The first kappa shape index (κ1) is 13.4. The zero-order chi connectivity index (χ0) is 13.2. The molecule has 0 atom stereocenters. The fourth-order valence-electron chi connectivity index (χ4n) is 1.05. The van der Waals surface area contributed by atoms with E-state index in [1.807, 2.05) is 0 Å². The van der Waals surface area contributed by atoms with E-state index < -0.39 is 17.3 Å². The Hall–Kier alpha value is -1.63. The number of carbonyl (C=O) groups excluding carboxylic acids is 1. The van der Waals surface area contributed by atoms with Gasteiger partial charge in [0.1, 0.15) is 0 Å². The molecule has 0 aliphatic heterocycles. The lowest BCUT2D eigenvalue weighted by molar-refractivity contribution is -0.125. The molecule has 1 aromatic rings. The first-order chi connectivity index (χ1) is 7.74. The minimum atomic E-state index is -1.05. The van der Waals surface area contributed by atoms with Crippen molar-refractivity contribution in [3.05, 3.63) is 10.6 Å². The predicted octanol–water partition coefficient (Wildman–Crippen LogP) is 1.07. The van der Waals surface area contributed by atoms with Crippen LogP contribution in [0.15, 0.2) is 0 Å². The zero-order valence-electron chi connectivity index (χ0n) is 9.90. The van der Waals surface area contributed by atoms with Gasteiger partial charge in [0.2, 0.25) is 5.91 Å². The van der Waals surface area contributed by atoms with E-state index in [0.717, 1.165) is 0 Å². The number of aryl methyl sites for hydroxylation is 1. The molecule has 4 N–H and O–H groups in total. The lowest BCUT2D eigenvalue weighted by Gasteiger charge is -2.20. The number of rotatable bonds is 5. The molecule has 1 heterocycles. The molecule has 0 aliphatic carbocycles. The topological polar surface area (TPSA) is 105 Å². The van der Waals surface area contributed by atoms with Crippen molar-refractivity contribution >= 4 is 28.3 Å². The second kappa shape index (κ2) is 4.70. The van der Waals surface area contributed by atoms with Crippen molar-refractivity contribution in [2.24, 2.45) is 11.1 Å². The Balaban J connectivity index is 2.74. The van der Waals surface area contributed by atoms with Crippen LogP contribution < -0.4 is 11.1 Å². The van der Waals surface area contributed by atoms with Crippen molar-refractivity contribution in [2.45, 2.75) is 20.8 Å². The fraction of sp³-hybridized carbons (Fsp3) is 0.500. The molecule has 0 aliphatic rings. The smallest absolute Gasteiger partial charge is 0.355 e. The number of carboxylic acid groups (broad SMARTS) is 1. The van der Waals surface area contributed by atoms with Crippen LogP contribution in [0.3, 0.4) is 0 Å². The molecule has 0 bridgehead atoms. The van der Waals surface area contributed by atoms with E-state index in [0.29, 0.717) is 16.6 Å². The second-order valence-electron chi connectivity index (χ2n) is 4.33. The molecule has 0 aromatic carbocycles. The minimum absolute atomic E-state index is 0.0365. The third-order valence-corrected chi connectivity index (χ3v) is 3.28. The molecular formula is C10H15N3O3S. The summed E-state index contributed by atoms with van der Waals surface area (Å²) in [6.45, 7) is 5.42. The maximum absolute atomic E-state index is 11.1. The molecule has 0 unspecified atom stereocenters. The number of aromatic carboxylic acids is 1. The lowest BCUT2D eigenvalue weighted by atomic mass is 9.93.